The first-order valence-electron chi connectivity index (χ1n) is 5.93. The average Bonchev–Trinajstić information content (AvgIpc) is 2.38. The molecule has 0 bridgehead atoms. The van der Waals surface area contributed by atoms with Crippen LogP contribution in [-0.2, 0) is 9.47 Å². The lowest BCUT2D eigenvalue weighted by molar-refractivity contribution is 0.190. The van der Waals surface area contributed by atoms with Crippen LogP contribution < -0.4 is 10.6 Å². The van der Waals surface area contributed by atoms with Crippen LogP contribution in [0.4, 0.5) is 5.69 Å². The zero-order chi connectivity index (χ0) is 14.3. The minimum Gasteiger partial charge on any atom is -0.389 e. The second-order valence-electron chi connectivity index (χ2n) is 3.97. The van der Waals surface area contributed by atoms with E-state index in [0.717, 1.165) is 18.8 Å². The first kappa shape index (κ1) is 16.2. The largest absolute Gasteiger partial charge is 0.389 e. The van der Waals surface area contributed by atoms with E-state index < -0.39 is 0 Å². The molecule has 6 heteroatoms. The number of hydrogen-bond acceptors (Lipinski definition) is 4. The van der Waals surface area contributed by atoms with Crippen molar-refractivity contribution in [3.05, 3.63) is 28.8 Å². The smallest absolute Gasteiger partial charge is 0.107 e. The van der Waals surface area contributed by atoms with Crippen molar-refractivity contribution in [1.82, 2.24) is 0 Å². The molecule has 0 aliphatic carbocycles. The Kier molecular flexibility index (Phi) is 7.09. The fourth-order valence-electron chi connectivity index (χ4n) is 1.78. The number of thiocarbonyl (C=S) groups is 1. The summed E-state index contributed by atoms with van der Waals surface area (Å²) in [5.41, 5.74) is 7.38. The van der Waals surface area contributed by atoms with Gasteiger partial charge in [-0.05, 0) is 12.1 Å². The predicted molar refractivity (Wildman–Crippen MR) is 83.3 cm³/mol. The highest BCUT2D eigenvalue weighted by Crippen LogP contribution is 2.27. The van der Waals surface area contributed by atoms with Crippen molar-refractivity contribution in [2.24, 2.45) is 5.73 Å². The number of rotatable bonds is 8. The summed E-state index contributed by atoms with van der Waals surface area (Å²) < 4.78 is 10.2. The summed E-state index contributed by atoms with van der Waals surface area (Å²) in [6, 6.07) is 5.61. The molecule has 0 unspecified atom stereocenters. The highest BCUT2D eigenvalue weighted by molar-refractivity contribution is 7.80. The summed E-state index contributed by atoms with van der Waals surface area (Å²) in [6.07, 6.45) is 0. The van der Waals surface area contributed by atoms with E-state index in [1.165, 1.54) is 0 Å². The van der Waals surface area contributed by atoms with Gasteiger partial charge in [-0.1, -0.05) is 29.9 Å². The fourth-order valence-corrected chi connectivity index (χ4v) is 2.32. The molecule has 0 saturated carbocycles. The predicted octanol–water partition coefficient (Wildman–Crippen LogP) is 2.07. The molecule has 106 valence electrons. The first-order chi connectivity index (χ1) is 9.11. The molecular weight excluding hydrogens is 284 g/mol. The SMILES string of the molecule is COCCN(CCOC)c1cccc(Cl)c1C(N)=S. The van der Waals surface area contributed by atoms with Crippen LogP contribution in [0.15, 0.2) is 18.2 Å². The third-order valence-corrected chi connectivity index (χ3v) is 3.23. The Morgan fingerprint density at radius 3 is 2.32 bits per heavy atom. The van der Waals surface area contributed by atoms with Crippen LogP contribution in [0.2, 0.25) is 5.02 Å². The Balaban J connectivity index is 3.06. The number of hydrogen-bond donors (Lipinski definition) is 1. The van der Waals surface area contributed by atoms with Gasteiger partial charge < -0.3 is 20.1 Å². The number of ether oxygens (including phenoxy) is 2. The molecule has 0 aromatic heterocycles. The van der Waals surface area contributed by atoms with Gasteiger partial charge in [-0.2, -0.15) is 0 Å². The normalized spacial score (nSPS) is 10.5. The molecule has 0 amide bonds. The fraction of sp³-hybridized carbons (Fsp3) is 0.462. The van der Waals surface area contributed by atoms with Gasteiger partial charge in [-0.3, -0.25) is 0 Å². The van der Waals surface area contributed by atoms with Gasteiger partial charge in [-0.15, -0.1) is 0 Å². The van der Waals surface area contributed by atoms with E-state index in [0.29, 0.717) is 28.8 Å². The molecule has 4 nitrogen and oxygen atoms in total. The molecule has 0 radical (unpaired) electrons. The van der Waals surface area contributed by atoms with Crippen molar-refractivity contribution in [3.8, 4) is 0 Å². The summed E-state index contributed by atoms with van der Waals surface area (Å²) in [7, 11) is 3.34. The van der Waals surface area contributed by atoms with Crippen LogP contribution in [0.3, 0.4) is 0 Å². The lowest BCUT2D eigenvalue weighted by atomic mass is 10.1. The van der Waals surface area contributed by atoms with Crippen molar-refractivity contribution in [1.29, 1.82) is 0 Å². The van der Waals surface area contributed by atoms with Gasteiger partial charge in [0.15, 0.2) is 0 Å². The molecule has 19 heavy (non-hydrogen) atoms. The highest BCUT2D eigenvalue weighted by Gasteiger charge is 2.15. The lowest BCUT2D eigenvalue weighted by Crippen LogP contribution is -2.32. The maximum atomic E-state index is 6.18. The molecule has 0 saturated heterocycles. The van der Waals surface area contributed by atoms with Gasteiger partial charge in [0.2, 0.25) is 0 Å². The third kappa shape index (κ3) is 4.62. The van der Waals surface area contributed by atoms with E-state index in [9.17, 15) is 0 Å². The molecule has 0 fully saturated rings. The number of nitrogens with two attached hydrogens (primary N) is 1. The Hall–Kier alpha value is -0.880. The van der Waals surface area contributed by atoms with Crippen molar-refractivity contribution in [2.45, 2.75) is 0 Å². The zero-order valence-corrected chi connectivity index (χ0v) is 12.8. The average molecular weight is 303 g/mol. The maximum Gasteiger partial charge on any atom is 0.107 e. The van der Waals surface area contributed by atoms with Gasteiger partial charge in [-0.25, -0.2) is 0 Å². The summed E-state index contributed by atoms with van der Waals surface area (Å²) in [4.78, 5) is 2.40. The second-order valence-corrected chi connectivity index (χ2v) is 4.82. The molecule has 1 aromatic carbocycles. The van der Waals surface area contributed by atoms with Crippen molar-refractivity contribution in [2.75, 3.05) is 45.4 Å². The Morgan fingerprint density at radius 2 is 1.84 bits per heavy atom. The number of anilines is 1. The van der Waals surface area contributed by atoms with E-state index in [1.807, 2.05) is 12.1 Å². The van der Waals surface area contributed by atoms with Gasteiger partial charge in [0.25, 0.3) is 0 Å². The summed E-state index contributed by atoms with van der Waals surface area (Å²) >= 11 is 11.3. The first-order valence-corrected chi connectivity index (χ1v) is 6.71. The standard InChI is InChI=1S/C13H19ClN2O2S/c1-17-8-6-16(7-9-18-2)11-5-3-4-10(14)12(11)13(15)19/h3-5H,6-9H2,1-2H3,(H2,15,19). The Morgan fingerprint density at radius 1 is 1.26 bits per heavy atom. The van der Waals surface area contributed by atoms with Crippen LogP contribution >= 0.6 is 23.8 Å². The Labute approximate surface area is 124 Å². The molecule has 0 aliphatic rings. The summed E-state index contributed by atoms with van der Waals surface area (Å²) in [5, 5.41) is 0.560. The number of nitrogens with zero attached hydrogens (tertiary/aromatic N) is 1. The van der Waals surface area contributed by atoms with E-state index in [2.05, 4.69) is 4.90 Å². The summed E-state index contributed by atoms with van der Waals surface area (Å²) in [6.45, 7) is 2.64. The Bertz CT molecular complexity index is 421. The molecular formula is C13H19ClN2O2S. The highest BCUT2D eigenvalue weighted by atomic mass is 35.5. The van der Waals surface area contributed by atoms with Crippen molar-refractivity contribution >= 4 is 34.5 Å². The molecule has 1 rings (SSSR count). The van der Waals surface area contributed by atoms with Crippen LogP contribution in [0.1, 0.15) is 5.56 Å². The van der Waals surface area contributed by atoms with Crippen LogP contribution in [0.25, 0.3) is 0 Å². The topological polar surface area (TPSA) is 47.7 Å². The minimum absolute atomic E-state index is 0.292. The molecule has 1 aromatic rings. The van der Waals surface area contributed by atoms with Crippen LogP contribution in [-0.4, -0.2) is 45.5 Å². The molecule has 0 aliphatic heterocycles. The molecule has 0 atom stereocenters. The summed E-state index contributed by atoms with van der Waals surface area (Å²) in [5.74, 6) is 0. The number of halogens is 1. The van der Waals surface area contributed by atoms with Gasteiger partial charge in [0, 0.05) is 33.0 Å². The monoisotopic (exact) mass is 302 g/mol. The third-order valence-electron chi connectivity index (χ3n) is 2.71. The quantitative estimate of drug-likeness (QED) is 0.745. The number of methoxy groups -OCH3 is 2. The van der Waals surface area contributed by atoms with Crippen molar-refractivity contribution < 1.29 is 9.47 Å². The van der Waals surface area contributed by atoms with E-state index in [-0.39, 0.29) is 0 Å². The van der Waals surface area contributed by atoms with Gasteiger partial charge in [0.05, 0.1) is 23.8 Å². The van der Waals surface area contributed by atoms with Crippen LogP contribution in [0.5, 0.6) is 0 Å². The number of benzene rings is 1. The zero-order valence-electron chi connectivity index (χ0n) is 11.2. The second kappa shape index (κ2) is 8.32. The molecule has 2 N–H and O–H groups in total. The molecule has 0 heterocycles. The maximum absolute atomic E-state index is 6.18. The van der Waals surface area contributed by atoms with E-state index >= 15 is 0 Å². The minimum atomic E-state index is 0.292. The van der Waals surface area contributed by atoms with E-state index in [1.54, 1.807) is 20.3 Å². The molecule has 0 spiro atoms. The van der Waals surface area contributed by atoms with Crippen molar-refractivity contribution in [3.63, 3.8) is 0 Å². The van der Waals surface area contributed by atoms with Gasteiger partial charge in [0.1, 0.15) is 4.99 Å². The van der Waals surface area contributed by atoms with Gasteiger partial charge >= 0.3 is 0 Å². The van der Waals surface area contributed by atoms with E-state index in [4.69, 9.17) is 39.0 Å². The lowest BCUT2D eigenvalue weighted by Gasteiger charge is -2.26. The van der Waals surface area contributed by atoms with Crippen LogP contribution in [0, 0.1) is 0 Å².